The highest BCUT2D eigenvalue weighted by Gasteiger charge is 2.61. The van der Waals surface area contributed by atoms with Crippen molar-refractivity contribution < 1.29 is 19.1 Å². The number of aryl methyl sites for hydroxylation is 2. The fourth-order valence-corrected chi connectivity index (χ4v) is 6.48. The van der Waals surface area contributed by atoms with Crippen LogP contribution >= 0.6 is 0 Å². The molecule has 0 heterocycles. The third-order valence-corrected chi connectivity index (χ3v) is 6.91. The monoisotopic (exact) mass is 385 g/mol. The van der Waals surface area contributed by atoms with Gasteiger partial charge in [-0.25, -0.2) is 0 Å². The lowest BCUT2D eigenvalue weighted by Crippen LogP contribution is -2.64. The van der Waals surface area contributed by atoms with Crippen LogP contribution in [0.15, 0.2) is 18.2 Å². The van der Waals surface area contributed by atoms with E-state index in [1.54, 1.807) is 6.92 Å². The van der Waals surface area contributed by atoms with Crippen LogP contribution in [-0.2, 0) is 14.3 Å². The van der Waals surface area contributed by atoms with Crippen molar-refractivity contribution in [2.24, 2.45) is 17.3 Å². The third kappa shape index (κ3) is 3.51. The maximum Gasteiger partial charge on any atom is 0.312 e. The van der Waals surface area contributed by atoms with E-state index in [0.29, 0.717) is 18.4 Å². The molecule has 1 N–H and O–H groups in total. The van der Waals surface area contributed by atoms with Crippen molar-refractivity contribution in [3.8, 4) is 5.75 Å². The van der Waals surface area contributed by atoms with Crippen LogP contribution in [0.2, 0.25) is 0 Å². The van der Waals surface area contributed by atoms with Gasteiger partial charge in [0.15, 0.2) is 0 Å². The summed E-state index contributed by atoms with van der Waals surface area (Å²) in [6, 6.07) is 6.05. The van der Waals surface area contributed by atoms with Gasteiger partial charge in [0, 0.05) is 12.5 Å². The molecule has 4 saturated carbocycles. The number of benzene rings is 1. The van der Waals surface area contributed by atoms with Crippen molar-refractivity contribution in [3.63, 3.8) is 0 Å². The Bertz CT molecular complexity index is 753. The van der Waals surface area contributed by atoms with Gasteiger partial charge in [0.05, 0.1) is 5.41 Å². The Labute approximate surface area is 167 Å². The molecule has 4 aliphatic carbocycles. The van der Waals surface area contributed by atoms with Crippen LogP contribution in [-0.4, -0.2) is 30.6 Å². The fraction of sp³-hybridized carbons (Fsp3) is 0.652. The molecule has 5 nitrogen and oxygen atoms in total. The minimum Gasteiger partial charge on any atom is -0.489 e. The minimum absolute atomic E-state index is 0.00691. The number of hydrogen-bond donors (Lipinski definition) is 1. The molecule has 0 aliphatic heterocycles. The summed E-state index contributed by atoms with van der Waals surface area (Å²) in [4.78, 5) is 24.8. The van der Waals surface area contributed by atoms with E-state index in [0.717, 1.165) is 49.0 Å². The molecule has 4 aliphatic rings. The minimum atomic E-state index is -0.425. The number of esters is 1. The van der Waals surface area contributed by atoms with Crippen LogP contribution in [0.3, 0.4) is 0 Å². The molecule has 28 heavy (non-hydrogen) atoms. The van der Waals surface area contributed by atoms with E-state index >= 15 is 0 Å². The van der Waals surface area contributed by atoms with Crippen molar-refractivity contribution >= 4 is 11.9 Å². The number of amides is 1. The van der Waals surface area contributed by atoms with Crippen molar-refractivity contribution in [3.05, 3.63) is 29.3 Å². The van der Waals surface area contributed by atoms with Gasteiger partial charge in [-0.2, -0.15) is 0 Å². The van der Waals surface area contributed by atoms with Crippen molar-refractivity contribution in [1.82, 2.24) is 5.32 Å². The molecule has 1 aromatic rings. The second kappa shape index (κ2) is 7.09. The largest absolute Gasteiger partial charge is 0.489 e. The van der Waals surface area contributed by atoms with Gasteiger partial charge in [0.2, 0.25) is 5.91 Å². The molecule has 4 fully saturated rings. The summed E-state index contributed by atoms with van der Waals surface area (Å²) in [6.07, 6.45) is 5.74. The van der Waals surface area contributed by atoms with Crippen LogP contribution in [0, 0.1) is 31.1 Å². The number of carbonyl (C=O) groups excluding carboxylic acids is 2. The summed E-state index contributed by atoms with van der Waals surface area (Å²) in [6.45, 7) is 6.24. The molecule has 0 spiro atoms. The second-order valence-corrected chi connectivity index (χ2v) is 9.41. The quantitative estimate of drug-likeness (QED) is 0.599. The van der Waals surface area contributed by atoms with Gasteiger partial charge in [-0.3, -0.25) is 9.59 Å². The average molecular weight is 386 g/mol. The van der Waals surface area contributed by atoms with Gasteiger partial charge in [-0.05, 0) is 75.3 Å². The smallest absolute Gasteiger partial charge is 0.312 e. The summed E-state index contributed by atoms with van der Waals surface area (Å²) < 4.78 is 11.6. The SMILES string of the molecule is CC(=O)NC12C[C@H]3C[C@@H](C1)CC(C(=O)OCCOc1c(C)cccc1C)(C3)C2. The molecule has 2 unspecified atom stereocenters. The summed E-state index contributed by atoms with van der Waals surface area (Å²) in [7, 11) is 0. The molecular weight excluding hydrogens is 354 g/mol. The van der Waals surface area contributed by atoms with Crippen LogP contribution in [0.1, 0.15) is 56.6 Å². The molecule has 4 bridgehead atoms. The lowest BCUT2D eigenvalue weighted by Gasteiger charge is -2.60. The Hall–Kier alpha value is -2.04. The molecule has 4 atom stereocenters. The zero-order valence-corrected chi connectivity index (χ0v) is 17.2. The molecular formula is C23H31NO4. The number of nitrogens with one attached hydrogen (secondary N) is 1. The number of rotatable bonds is 6. The van der Waals surface area contributed by atoms with E-state index in [-0.39, 0.29) is 24.0 Å². The Balaban J connectivity index is 1.37. The molecule has 0 aromatic heterocycles. The normalized spacial score (nSPS) is 32.8. The maximum absolute atomic E-state index is 13.1. The lowest BCUT2D eigenvalue weighted by atomic mass is 9.47. The predicted octanol–water partition coefficient (Wildman–Crippen LogP) is 3.70. The van der Waals surface area contributed by atoms with E-state index in [1.807, 2.05) is 32.0 Å². The van der Waals surface area contributed by atoms with Crippen molar-refractivity contribution in [2.45, 2.75) is 64.8 Å². The van der Waals surface area contributed by atoms with Gasteiger partial charge in [0.1, 0.15) is 19.0 Å². The Morgan fingerprint density at radius 2 is 1.71 bits per heavy atom. The number of ether oxygens (including phenoxy) is 2. The Kier molecular flexibility index (Phi) is 4.88. The van der Waals surface area contributed by atoms with E-state index in [4.69, 9.17) is 9.47 Å². The van der Waals surface area contributed by atoms with E-state index in [2.05, 4.69) is 5.32 Å². The van der Waals surface area contributed by atoms with E-state index in [9.17, 15) is 9.59 Å². The van der Waals surface area contributed by atoms with Crippen LogP contribution in [0.5, 0.6) is 5.75 Å². The van der Waals surface area contributed by atoms with E-state index < -0.39 is 5.41 Å². The zero-order valence-electron chi connectivity index (χ0n) is 17.2. The topological polar surface area (TPSA) is 64.6 Å². The summed E-state index contributed by atoms with van der Waals surface area (Å²) in [5, 5.41) is 3.20. The number of hydrogen-bond acceptors (Lipinski definition) is 4. The second-order valence-electron chi connectivity index (χ2n) is 9.41. The van der Waals surface area contributed by atoms with Crippen molar-refractivity contribution in [1.29, 1.82) is 0 Å². The summed E-state index contributed by atoms with van der Waals surface area (Å²) >= 11 is 0. The summed E-state index contributed by atoms with van der Waals surface area (Å²) in [5.74, 6) is 1.82. The molecule has 5 rings (SSSR count). The van der Waals surface area contributed by atoms with Crippen molar-refractivity contribution in [2.75, 3.05) is 13.2 Å². The average Bonchev–Trinajstić information content (AvgIpc) is 2.58. The lowest BCUT2D eigenvalue weighted by molar-refractivity contribution is -0.176. The van der Waals surface area contributed by atoms with Crippen LogP contribution < -0.4 is 10.1 Å². The summed E-state index contributed by atoms with van der Waals surface area (Å²) in [5.41, 5.74) is 1.55. The van der Waals surface area contributed by atoms with Crippen LogP contribution in [0.25, 0.3) is 0 Å². The zero-order chi connectivity index (χ0) is 19.9. The molecule has 5 heteroatoms. The van der Waals surface area contributed by atoms with E-state index in [1.165, 1.54) is 6.42 Å². The third-order valence-electron chi connectivity index (χ3n) is 6.91. The van der Waals surface area contributed by atoms with Gasteiger partial charge in [-0.1, -0.05) is 18.2 Å². The first-order valence-corrected chi connectivity index (χ1v) is 10.5. The molecule has 1 amide bonds. The maximum atomic E-state index is 13.1. The first-order valence-electron chi connectivity index (χ1n) is 10.5. The first kappa shape index (κ1) is 19.3. The van der Waals surface area contributed by atoms with Gasteiger partial charge in [-0.15, -0.1) is 0 Å². The fourth-order valence-electron chi connectivity index (χ4n) is 6.48. The highest BCUT2D eigenvalue weighted by atomic mass is 16.6. The highest BCUT2D eigenvalue weighted by molar-refractivity contribution is 5.79. The molecule has 0 radical (unpaired) electrons. The highest BCUT2D eigenvalue weighted by Crippen LogP contribution is 2.62. The standard InChI is InChI=1S/C23H31NO4/c1-15-5-4-6-16(2)20(15)27-7-8-28-21(26)22-10-18-9-19(11-22)13-23(12-18,14-22)24-17(3)25/h4-6,18-19H,7-14H2,1-3H3,(H,24,25)/t18-,19+,22?,23?. The molecule has 0 saturated heterocycles. The predicted molar refractivity (Wildman–Crippen MR) is 106 cm³/mol. The Morgan fingerprint density at radius 1 is 1.07 bits per heavy atom. The van der Waals surface area contributed by atoms with Gasteiger partial charge < -0.3 is 14.8 Å². The number of carbonyl (C=O) groups is 2. The van der Waals surface area contributed by atoms with Crippen LogP contribution in [0.4, 0.5) is 0 Å². The van der Waals surface area contributed by atoms with Gasteiger partial charge in [0.25, 0.3) is 0 Å². The van der Waals surface area contributed by atoms with Gasteiger partial charge >= 0.3 is 5.97 Å². The Morgan fingerprint density at radius 3 is 2.32 bits per heavy atom. The molecule has 1 aromatic carbocycles. The number of para-hydroxylation sites is 1. The first-order chi connectivity index (χ1) is 13.3. The molecule has 152 valence electrons.